The molecule has 6 heterocycles. The minimum Gasteiger partial charge on any atom is -0.238 e. The van der Waals surface area contributed by atoms with E-state index in [-0.39, 0.29) is 0 Å². The highest BCUT2D eigenvalue weighted by Crippen LogP contribution is 2.47. The first-order chi connectivity index (χ1) is 26.6. The molecule has 6 aromatic rings. The van der Waals surface area contributed by atoms with E-state index in [2.05, 4.69) is 76.2 Å². The van der Waals surface area contributed by atoms with Crippen molar-refractivity contribution in [1.82, 2.24) is 9.97 Å². The maximum atomic E-state index is 5.42. The molecule has 8 heteroatoms. The van der Waals surface area contributed by atoms with Crippen molar-refractivity contribution in [2.75, 3.05) is 0 Å². The number of unbranched alkanes of at least 4 members (excludes halogenated alkanes) is 12. The third-order valence-corrected chi connectivity index (χ3v) is 17.7. The van der Waals surface area contributed by atoms with Gasteiger partial charge in [0, 0.05) is 39.0 Å². The second-order valence-electron chi connectivity index (χ2n) is 14.7. The van der Waals surface area contributed by atoms with Crippen LogP contribution >= 0.6 is 68.0 Å². The van der Waals surface area contributed by atoms with Crippen molar-refractivity contribution in [3.63, 3.8) is 0 Å². The lowest BCUT2D eigenvalue weighted by molar-refractivity contribution is 0.662. The topological polar surface area (TPSA) is 25.8 Å². The lowest BCUT2D eigenvalue weighted by Gasteiger charge is -2.00. The van der Waals surface area contributed by atoms with Crippen LogP contribution in [-0.4, -0.2) is 9.97 Å². The Labute approximate surface area is 350 Å². The highest BCUT2D eigenvalue weighted by atomic mass is 32.1. The quantitative estimate of drug-likeness (QED) is 0.0537. The summed E-state index contributed by atoms with van der Waals surface area (Å²) in [6, 6.07) is 18.8. The first kappa shape index (κ1) is 41.7. The Morgan fingerprint density at radius 3 is 1.06 bits per heavy atom. The van der Waals surface area contributed by atoms with Gasteiger partial charge in [-0.15, -0.1) is 68.0 Å². The Hall–Kier alpha value is -1.94. The molecule has 6 rings (SSSR count). The fraction of sp³-hybridized carbons (Fsp3) is 0.522. The number of aromatic nitrogens is 2. The minimum atomic E-state index is 1.04. The Morgan fingerprint density at radius 1 is 0.333 bits per heavy atom. The van der Waals surface area contributed by atoms with Crippen LogP contribution in [0.5, 0.6) is 0 Å². The Bertz CT molecular complexity index is 1820. The smallest absolute Gasteiger partial charge is 0.153 e. The molecule has 0 aliphatic carbocycles. The van der Waals surface area contributed by atoms with Gasteiger partial charge in [0.15, 0.2) is 10.0 Å². The van der Waals surface area contributed by atoms with Crippen LogP contribution in [0, 0.1) is 0 Å². The van der Waals surface area contributed by atoms with Crippen LogP contribution in [0.25, 0.3) is 49.0 Å². The van der Waals surface area contributed by atoms with Gasteiger partial charge in [0.1, 0.15) is 0 Å². The fourth-order valence-corrected chi connectivity index (χ4v) is 13.8. The average Bonchev–Trinajstić information content (AvgIpc) is 4.03. The van der Waals surface area contributed by atoms with Crippen molar-refractivity contribution < 1.29 is 0 Å². The van der Waals surface area contributed by atoms with Gasteiger partial charge in [0.05, 0.1) is 21.1 Å². The van der Waals surface area contributed by atoms with Gasteiger partial charge >= 0.3 is 0 Å². The van der Waals surface area contributed by atoms with Crippen molar-refractivity contribution >= 4 is 68.0 Å². The van der Waals surface area contributed by atoms with Crippen LogP contribution in [0.15, 0.2) is 48.5 Å². The van der Waals surface area contributed by atoms with Gasteiger partial charge in [-0.1, -0.05) is 105 Å². The molecular formula is C46H60N2S6. The molecule has 0 fully saturated rings. The number of nitrogens with zero attached hydrogens (tertiary/aromatic N) is 2. The lowest BCUT2D eigenvalue weighted by Crippen LogP contribution is -1.90. The molecule has 0 saturated heterocycles. The molecular weight excluding hydrogens is 773 g/mol. The summed E-state index contributed by atoms with van der Waals surface area (Å²) in [4.78, 5) is 24.9. The van der Waals surface area contributed by atoms with E-state index in [0.29, 0.717) is 0 Å². The molecule has 0 bridgehead atoms. The predicted molar refractivity (Wildman–Crippen MR) is 248 cm³/mol. The highest BCUT2D eigenvalue weighted by Gasteiger charge is 2.22. The van der Waals surface area contributed by atoms with Crippen LogP contribution in [0.2, 0.25) is 0 Å². The predicted octanol–water partition coefficient (Wildman–Crippen LogP) is 17.7. The number of thiazole rings is 2. The molecule has 0 atom stereocenters. The van der Waals surface area contributed by atoms with Crippen molar-refractivity contribution in [2.45, 2.75) is 156 Å². The SMILES string of the molecule is CCCCCCc1ccc(-c2ccc(-c3sc(-c4nc(CCCCCC)c(-c5ccc(-c6ccc(CCCCCC)s6)s5)s4)nc3CCCCCC)s2)s1. The molecule has 0 amide bonds. The summed E-state index contributed by atoms with van der Waals surface area (Å²) < 4.78 is 0. The van der Waals surface area contributed by atoms with E-state index in [4.69, 9.17) is 9.97 Å². The number of hydrogen-bond donors (Lipinski definition) is 0. The Kier molecular flexibility index (Phi) is 17.1. The van der Waals surface area contributed by atoms with Crippen LogP contribution in [0.1, 0.15) is 152 Å². The maximum absolute atomic E-state index is 5.42. The van der Waals surface area contributed by atoms with Gasteiger partial charge in [0.2, 0.25) is 0 Å². The summed E-state index contributed by atoms with van der Waals surface area (Å²) in [5.41, 5.74) is 2.54. The van der Waals surface area contributed by atoms with E-state index in [1.165, 1.54) is 176 Å². The van der Waals surface area contributed by atoms with Crippen LogP contribution in [-0.2, 0) is 25.7 Å². The molecule has 0 N–H and O–H groups in total. The third-order valence-electron chi connectivity index (χ3n) is 10.1. The molecule has 0 aliphatic rings. The van der Waals surface area contributed by atoms with Crippen molar-refractivity contribution in [2.24, 2.45) is 0 Å². The van der Waals surface area contributed by atoms with Gasteiger partial charge in [-0.05, 0) is 99.9 Å². The fourth-order valence-electron chi connectivity index (χ4n) is 6.97. The zero-order chi connectivity index (χ0) is 37.5. The third kappa shape index (κ3) is 11.6. The monoisotopic (exact) mass is 832 g/mol. The van der Waals surface area contributed by atoms with Gasteiger partial charge in [-0.25, -0.2) is 9.97 Å². The minimum absolute atomic E-state index is 1.04. The van der Waals surface area contributed by atoms with Gasteiger partial charge in [0.25, 0.3) is 0 Å². The van der Waals surface area contributed by atoms with E-state index in [0.717, 1.165) is 22.9 Å². The van der Waals surface area contributed by atoms with Crippen molar-refractivity contribution in [3.05, 3.63) is 69.7 Å². The summed E-state index contributed by atoms with van der Waals surface area (Å²) in [6.45, 7) is 9.17. The Morgan fingerprint density at radius 2 is 0.667 bits per heavy atom. The second-order valence-corrected chi connectivity index (χ2v) is 21.2. The standard InChI is InChI=1S/C46H60N2S6/c1-5-9-13-17-21-33-25-27-37(49-33)39-29-31-41(51-39)43-35(23-19-15-11-7-3)47-45(53-43)46-48-36(24-20-16-12-8-4)44(54-46)42-32-30-40(52-42)38-28-26-34(50-38)22-18-14-10-6-2/h25-32H,5-24H2,1-4H3. The molecule has 6 aromatic heterocycles. The van der Waals surface area contributed by atoms with Crippen LogP contribution in [0.3, 0.4) is 0 Å². The molecule has 0 aliphatic heterocycles. The first-order valence-corrected chi connectivity index (χ1v) is 25.9. The first-order valence-electron chi connectivity index (χ1n) is 21.0. The van der Waals surface area contributed by atoms with E-state index >= 15 is 0 Å². The number of aryl methyl sites for hydroxylation is 4. The average molecular weight is 833 g/mol. The molecule has 0 radical (unpaired) electrons. The highest BCUT2D eigenvalue weighted by molar-refractivity contribution is 7.30. The summed E-state index contributed by atoms with van der Waals surface area (Å²) in [7, 11) is 0. The molecule has 0 saturated carbocycles. The van der Waals surface area contributed by atoms with E-state index < -0.39 is 0 Å². The summed E-state index contributed by atoms with van der Waals surface area (Å²) >= 11 is 11.6. The van der Waals surface area contributed by atoms with Gasteiger partial charge in [-0.2, -0.15) is 0 Å². The molecule has 0 unspecified atom stereocenters. The molecule has 2 nitrogen and oxygen atoms in total. The Balaban J connectivity index is 1.26. The second kappa shape index (κ2) is 22.1. The van der Waals surface area contributed by atoms with Crippen LogP contribution in [0.4, 0.5) is 0 Å². The van der Waals surface area contributed by atoms with Gasteiger partial charge in [-0.3, -0.25) is 0 Å². The van der Waals surface area contributed by atoms with Gasteiger partial charge < -0.3 is 0 Å². The zero-order valence-electron chi connectivity index (χ0n) is 33.1. The number of hydrogen-bond acceptors (Lipinski definition) is 8. The molecule has 0 aromatic carbocycles. The number of rotatable bonds is 25. The zero-order valence-corrected chi connectivity index (χ0v) is 38.0. The van der Waals surface area contributed by atoms with Crippen molar-refractivity contribution in [3.8, 4) is 49.0 Å². The summed E-state index contributed by atoms with van der Waals surface area (Å²) in [5, 5.41) is 2.20. The van der Waals surface area contributed by atoms with E-state index in [1.807, 2.05) is 68.0 Å². The number of thiophene rings is 4. The molecule has 54 heavy (non-hydrogen) atoms. The van der Waals surface area contributed by atoms with Crippen molar-refractivity contribution in [1.29, 1.82) is 0 Å². The van der Waals surface area contributed by atoms with E-state index in [9.17, 15) is 0 Å². The van der Waals surface area contributed by atoms with Crippen LogP contribution < -0.4 is 0 Å². The largest absolute Gasteiger partial charge is 0.238 e. The van der Waals surface area contributed by atoms with E-state index in [1.54, 1.807) is 0 Å². The normalized spacial score (nSPS) is 11.7. The maximum Gasteiger partial charge on any atom is 0.153 e. The summed E-state index contributed by atoms with van der Waals surface area (Å²) in [5.74, 6) is 0. The summed E-state index contributed by atoms with van der Waals surface area (Å²) in [6.07, 6.45) is 25.1. The molecule has 0 spiro atoms. The molecule has 290 valence electrons. The lowest BCUT2D eigenvalue weighted by atomic mass is 10.1.